The standard InChI is InChI=1S/C13H10N6OS.Na.H/c20-12-10-11(16-18-15-10)14-13-19(12)17-9(21-13)7-6-8-4-2-1-3-5-8;;/h1-5H,6-7H2,(H,15,16,18);;. The van der Waals surface area contributed by atoms with Crippen molar-refractivity contribution in [3.05, 3.63) is 51.3 Å². The molecule has 0 fully saturated rings. The van der Waals surface area contributed by atoms with Gasteiger partial charge in [-0.15, -0.1) is 5.10 Å². The third-order valence-electron chi connectivity index (χ3n) is 3.21. The second-order valence-corrected chi connectivity index (χ2v) is 5.64. The Morgan fingerprint density at radius 3 is 2.82 bits per heavy atom. The van der Waals surface area contributed by atoms with Crippen LogP contribution in [0.1, 0.15) is 10.6 Å². The Hall–Kier alpha value is -1.61. The number of rotatable bonds is 3. The summed E-state index contributed by atoms with van der Waals surface area (Å²) < 4.78 is 1.31. The van der Waals surface area contributed by atoms with Crippen molar-refractivity contribution in [1.29, 1.82) is 0 Å². The molecule has 0 bridgehead atoms. The molecule has 0 aliphatic heterocycles. The maximum atomic E-state index is 12.2. The van der Waals surface area contributed by atoms with Crippen LogP contribution < -0.4 is 5.56 Å². The van der Waals surface area contributed by atoms with Crippen LogP contribution in [0.4, 0.5) is 0 Å². The third kappa shape index (κ3) is 2.70. The Labute approximate surface area is 150 Å². The van der Waals surface area contributed by atoms with Gasteiger partial charge in [0, 0.05) is 6.42 Å². The minimum atomic E-state index is -0.262. The van der Waals surface area contributed by atoms with Crippen LogP contribution >= 0.6 is 11.3 Å². The number of benzene rings is 1. The molecule has 0 aliphatic rings. The molecule has 0 spiro atoms. The Bertz CT molecular complexity index is 976. The van der Waals surface area contributed by atoms with Crippen molar-refractivity contribution in [2.24, 2.45) is 0 Å². The van der Waals surface area contributed by atoms with Crippen LogP contribution in [0.3, 0.4) is 0 Å². The summed E-state index contributed by atoms with van der Waals surface area (Å²) in [4.78, 5) is 17.0. The zero-order valence-electron chi connectivity index (χ0n) is 10.9. The van der Waals surface area contributed by atoms with Gasteiger partial charge in [-0.25, -0.2) is 0 Å². The zero-order valence-corrected chi connectivity index (χ0v) is 11.7. The average Bonchev–Trinajstić information content (AvgIpc) is 3.13. The van der Waals surface area contributed by atoms with Crippen LogP contribution in [0, 0.1) is 0 Å². The van der Waals surface area contributed by atoms with Crippen LogP contribution in [-0.2, 0) is 12.8 Å². The molecule has 1 N–H and O–H groups in total. The molecule has 106 valence electrons. The van der Waals surface area contributed by atoms with E-state index in [-0.39, 0.29) is 40.6 Å². The van der Waals surface area contributed by atoms with E-state index in [1.807, 2.05) is 18.2 Å². The van der Waals surface area contributed by atoms with E-state index in [4.69, 9.17) is 0 Å². The summed E-state index contributed by atoms with van der Waals surface area (Å²) in [7, 11) is 0. The van der Waals surface area contributed by atoms with E-state index in [1.54, 1.807) is 0 Å². The first kappa shape index (κ1) is 15.3. The van der Waals surface area contributed by atoms with Crippen LogP contribution in [0.2, 0.25) is 0 Å². The van der Waals surface area contributed by atoms with E-state index < -0.39 is 0 Å². The van der Waals surface area contributed by atoms with E-state index in [0.717, 1.165) is 17.8 Å². The fraction of sp³-hybridized carbons (Fsp3) is 0.154. The molecule has 0 radical (unpaired) electrons. The average molecular weight is 322 g/mol. The Morgan fingerprint density at radius 2 is 2.00 bits per heavy atom. The van der Waals surface area contributed by atoms with Gasteiger partial charge >= 0.3 is 35.1 Å². The van der Waals surface area contributed by atoms with E-state index in [1.165, 1.54) is 21.4 Å². The van der Waals surface area contributed by atoms with Crippen molar-refractivity contribution in [2.45, 2.75) is 12.8 Å². The molecule has 0 saturated carbocycles. The number of hydrogen-bond acceptors (Lipinski definition) is 6. The molecule has 4 rings (SSSR count). The zero-order chi connectivity index (χ0) is 14.2. The molecule has 1 aromatic carbocycles. The summed E-state index contributed by atoms with van der Waals surface area (Å²) in [6, 6.07) is 10.2. The molecule has 0 amide bonds. The van der Waals surface area contributed by atoms with Crippen LogP contribution in [0.25, 0.3) is 16.1 Å². The predicted molar refractivity (Wildman–Crippen MR) is 85.6 cm³/mol. The van der Waals surface area contributed by atoms with Gasteiger partial charge in [0.2, 0.25) is 10.6 Å². The van der Waals surface area contributed by atoms with E-state index in [0.29, 0.717) is 10.6 Å². The number of nitrogens with one attached hydrogen (secondary N) is 1. The third-order valence-corrected chi connectivity index (χ3v) is 4.18. The van der Waals surface area contributed by atoms with Crippen molar-refractivity contribution >= 4 is 57.0 Å². The van der Waals surface area contributed by atoms with Gasteiger partial charge in [0.15, 0.2) is 5.52 Å². The van der Waals surface area contributed by atoms with Gasteiger partial charge < -0.3 is 0 Å². The summed E-state index contributed by atoms with van der Waals surface area (Å²) in [6.07, 6.45) is 1.66. The number of fused-ring (bicyclic) bond motifs is 2. The molecule has 3 aromatic heterocycles. The summed E-state index contributed by atoms with van der Waals surface area (Å²) in [5, 5.41) is 15.1. The monoisotopic (exact) mass is 322 g/mol. The molecule has 7 nitrogen and oxygen atoms in total. The molecule has 9 heteroatoms. The molecule has 0 saturated heterocycles. The molecular formula is C13H11N6NaOS. The second kappa shape index (κ2) is 6.25. The molecular weight excluding hydrogens is 311 g/mol. The van der Waals surface area contributed by atoms with Gasteiger partial charge in [-0.1, -0.05) is 46.9 Å². The van der Waals surface area contributed by atoms with Crippen molar-refractivity contribution in [2.75, 3.05) is 0 Å². The quantitative estimate of drug-likeness (QED) is 0.557. The van der Waals surface area contributed by atoms with Gasteiger partial charge in [0.05, 0.1) is 0 Å². The van der Waals surface area contributed by atoms with E-state index in [9.17, 15) is 4.79 Å². The number of hydrogen-bond donors (Lipinski definition) is 1. The molecule has 0 atom stereocenters. The van der Waals surface area contributed by atoms with Gasteiger partial charge in [-0.3, -0.25) is 9.89 Å². The second-order valence-electron chi connectivity index (χ2n) is 4.60. The first-order valence-corrected chi connectivity index (χ1v) is 7.26. The molecule has 0 unspecified atom stereocenters. The summed E-state index contributed by atoms with van der Waals surface area (Å²) in [6.45, 7) is 0. The van der Waals surface area contributed by atoms with Crippen LogP contribution in [0.15, 0.2) is 35.1 Å². The summed E-state index contributed by atoms with van der Waals surface area (Å²) in [5.74, 6) is 0. The van der Waals surface area contributed by atoms with Gasteiger partial charge in [0.1, 0.15) is 5.01 Å². The minimum absolute atomic E-state index is 0. The Morgan fingerprint density at radius 1 is 1.18 bits per heavy atom. The van der Waals surface area contributed by atoms with E-state index >= 15 is 0 Å². The fourth-order valence-corrected chi connectivity index (χ4v) is 3.04. The maximum absolute atomic E-state index is 12.2. The topological polar surface area (TPSA) is 88.8 Å². The van der Waals surface area contributed by atoms with Crippen molar-refractivity contribution in [3.63, 3.8) is 0 Å². The van der Waals surface area contributed by atoms with E-state index in [2.05, 4.69) is 37.6 Å². The number of aromatic nitrogens is 6. The molecule has 3 heterocycles. The van der Waals surface area contributed by atoms with Crippen molar-refractivity contribution in [3.8, 4) is 0 Å². The van der Waals surface area contributed by atoms with Crippen LogP contribution in [0.5, 0.6) is 0 Å². The number of aromatic amines is 1. The van der Waals surface area contributed by atoms with Crippen molar-refractivity contribution in [1.82, 2.24) is 30.0 Å². The fourth-order valence-electron chi connectivity index (χ4n) is 2.16. The van der Waals surface area contributed by atoms with Gasteiger partial charge in [-0.2, -0.15) is 14.6 Å². The number of aryl methyl sites for hydroxylation is 2. The first-order valence-electron chi connectivity index (χ1n) is 6.45. The first-order chi connectivity index (χ1) is 10.3. The number of H-pyrrole nitrogens is 1. The molecule has 22 heavy (non-hydrogen) atoms. The number of nitrogens with zero attached hydrogens (tertiary/aromatic N) is 5. The van der Waals surface area contributed by atoms with Gasteiger partial charge in [0.25, 0.3) is 0 Å². The molecule has 0 aliphatic carbocycles. The predicted octanol–water partition coefficient (Wildman–Crippen LogP) is 0.559. The van der Waals surface area contributed by atoms with Crippen LogP contribution in [-0.4, -0.2) is 59.6 Å². The summed E-state index contributed by atoms with van der Waals surface area (Å²) in [5.41, 5.74) is 1.60. The van der Waals surface area contributed by atoms with Crippen molar-refractivity contribution < 1.29 is 0 Å². The summed E-state index contributed by atoms with van der Waals surface area (Å²) >= 11 is 1.41. The Kier molecular flexibility index (Phi) is 4.34. The molecule has 4 aromatic rings. The Balaban J connectivity index is 0.00000144. The normalized spacial score (nSPS) is 10.9. The SMILES string of the molecule is O=c1c2[nH]nnc2nc2sc(CCc3ccccc3)nn12.[NaH]. The van der Waals surface area contributed by atoms with Gasteiger partial charge in [-0.05, 0) is 12.0 Å².